The fourth-order valence-electron chi connectivity index (χ4n) is 3.40. The van der Waals surface area contributed by atoms with Crippen molar-refractivity contribution in [2.45, 2.75) is 17.9 Å². The van der Waals surface area contributed by atoms with Crippen LogP contribution >= 0.6 is 0 Å². The van der Waals surface area contributed by atoms with Crippen molar-refractivity contribution >= 4 is 21.6 Å². The van der Waals surface area contributed by atoms with E-state index in [4.69, 9.17) is 14.2 Å². The van der Waals surface area contributed by atoms with Gasteiger partial charge in [-0.3, -0.25) is 9.10 Å². The molecule has 0 saturated carbocycles. The lowest BCUT2D eigenvalue weighted by Crippen LogP contribution is -2.28. The molecule has 34 heavy (non-hydrogen) atoms. The summed E-state index contributed by atoms with van der Waals surface area (Å²) in [7, 11) is 2.35. The molecule has 0 aromatic heterocycles. The Morgan fingerprint density at radius 2 is 1.44 bits per heavy atom. The second kappa shape index (κ2) is 10.5. The van der Waals surface area contributed by atoms with Crippen LogP contribution in [-0.2, 0) is 10.0 Å². The normalized spacial score (nSPS) is 11.9. The SMILES string of the molecule is COc1ccc(S(=O)(=O)N(C)c2ccc(C(=O)N[C@H](C)c3cc(OC)ccc3OC)cc2)cc1. The van der Waals surface area contributed by atoms with Gasteiger partial charge < -0.3 is 19.5 Å². The van der Waals surface area contributed by atoms with E-state index in [9.17, 15) is 13.2 Å². The summed E-state index contributed by atoms with van der Waals surface area (Å²) in [6, 6.07) is 17.5. The van der Waals surface area contributed by atoms with E-state index in [0.717, 1.165) is 5.56 Å². The average Bonchev–Trinajstić information content (AvgIpc) is 2.87. The quantitative estimate of drug-likeness (QED) is 0.493. The maximum absolute atomic E-state index is 12.9. The third-order valence-corrected chi connectivity index (χ3v) is 7.26. The average molecular weight is 485 g/mol. The third-order valence-electron chi connectivity index (χ3n) is 5.46. The van der Waals surface area contributed by atoms with Crippen LogP contribution in [0, 0.1) is 0 Å². The van der Waals surface area contributed by atoms with Crippen molar-refractivity contribution in [2.24, 2.45) is 0 Å². The highest BCUT2D eigenvalue weighted by Gasteiger charge is 2.22. The molecule has 1 amide bonds. The van der Waals surface area contributed by atoms with Gasteiger partial charge in [-0.2, -0.15) is 0 Å². The van der Waals surface area contributed by atoms with Crippen molar-refractivity contribution < 1.29 is 27.4 Å². The Labute approximate surface area is 200 Å². The van der Waals surface area contributed by atoms with E-state index in [0.29, 0.717) is 28.5 Å². The number of carbonyl (C=O) groups is 1. The van der Waals surface area contributed by atoms with Crippen molar-refractivity contribution in [3.05, 3.63) is 77.9 Å². The minimum Gasteiger partial charge on any atom is -0.497 e. The molecule has 0 aliphatic rings. The molecule has 3 rings (SSSR count). The molecule has 0 unspecified atom stereocenters. The van der Waals surface area contributed by atoms with E-state index in [1.54, 1.807) is 62.8 Å². The van der Waals surface area contributed by atoms with Gasteiger partial charge in [0.25, 0.3) is 15.9 Å². The summed E-state index contributed by atoms with van der Waals surface area (Å²) in [6.07, 6.45) is 0. The summed E-state index contributed by atoms with van der Waals surface area (Å²) < 4.78 is 42.8. The van der Waals surface area contributed by atoms with Gasteiger partial charge in [-0.25, -0.2) is 8.42 Å². The number of ether oxygens (including phenoxy) is 3. The molecule has 3 aromatic rings. The molecule has 1 N–H and O–H groups in total. The number of hydrogen-bond donors (Lipinski definition) is 1. The highest BCUT2D eigenvalue weighted by Crippen LogP contribution is 2.30. The molecule has 0 heterocycles. The molecule has 0 spiro atoms. The van der Waals surface area contributed by atoms with Crippen molar-refractivity contribution in [1.82, 2.24) is 5.32 Å². The van der Waals surface area contributed by atoms with Gasteiger partial charge in [-0.1, -0.05) is 0 Å². The van der Waals surface area contributed by atoms with Gasteiger partial charge in [-0.15, -0.1) is 0 Å². The predicted molar refractivity (Wildman–Crippen MR) is 130 cm³/mol. The predicted octanol–water partition coefficient (Wildman–Crippen LogP) is 4.03. The van der Waals surface area contributed by atoms with Crippen LogP contribution in [0.3, 0.4) is 0 Å². The summed E-state index contributed by atoms with van der Waals surface area (Å²) in [5.74, 6) is 1.55. The molecule has 0 radical (unpaired) electrons. The van der Waals surface area contributed by atoms with Crippen molar-refractivity contribution in [1.29, 1.82) is 0 Å². The molecule has 3 aromatic carbocycles. The van der Waals surface area contributed by atoms with Gasteiger partial charge in [0.1, 0.15) is 17.2 Å². The van der Waals surface area contributed by atoms with Gasteiger partial charge in [0.05, 0.1) is 38.0 Å². The molecule has 0 saturated heterocycles. The lowest BCUT2D eigenvalue weighted by atomic mass is 10.1. The number of anilines is 1. The standard InChI is InChI=1S/C25H28N2O6S/c1-17(23-16-21(32-4)12-15-24(23)33-5)26-25(28)18-6-8-19(9-7-18)27(2)34(29,30)22-13-10-20(31-3)11-14-22/h6-17H,1-5H3,(H,26,28)/t17-/m1/s1. The van der Waals surface area contributed by atoms with Gasteiger partial charge in [-0.05, 0) is 73.7 Å². The Bertz CT molecular complexity index is 1240. The first-order valence-electron chi connectivity index (χ1n) is 10.5. The van der Waals surface area contributed by atoms with E-state index >= 15 is 0 Å². The van der Waals surface area contributed by atoms with Crippen LogP contribution in [0.2, 0.25) is 0 Å². The van der Waals surface area contributed by atoms with Crippen LogP contribution in [-0.4, -0.2) is 42.7 Å². The van der Waals surface area contributed by atoms with E-state index in [1.807, 2.05) is 13.0 Å². The number of methoxy groups -OCH3 is 3. The number of amides is 1. The molecule has 0 bridgehead atoms. The van der Waals surface area contributed by atoms with Crippen LogP contribution in [0.15, 0.2) is 71.6 Å². The number of benzene rings is 3. The van der Waals surface area contributed by atoms with Crippen LogP contribution < -0.4 is 23.8 Å². The lowest BCUT2D eigenvalue weighted by molar-refractivity contribution is 0.0939. The lowest BCUT2D eigenvalue weighted by Gasteiger charge is -2.20. The maximum atomic E-state index is 12.9. The maximum Gasteiger partial charge on any atom is 0.264 e. The molecule has 180 valence electrons. The van der Waals surface area contributed by atoms with Gasteiger partial charge in [0.15, 0.2) is 0 Å². The number of nitrogens with zero attached hydrogens (tertiary/aromatic N) is 1. The summed E-state index contributed by atoms with van der Waals surface area (Å²) in [5, 5.41) is 2.94. The van der Waals surface area contributed by atoms with Gasteiger partial charge in [0.2, 0.25) is 0 Å². The van der Waals surface area contributed by atoms with E-state index in [2.05, 4.69) is 5.32 Å². The molecule has 0 aliphatic heterocycles. The van der Waals surface area contributed by atoms with Crippen molar-refractivity contribution in [2.75, 3.05) is 32.7 Å². The first-order valence-corrected chi connectivity index (χ1v) is 11.9. The number of hydrogen-bond acceptors (Lipinski definition) is 6. The van der Waals surface area contributed by atoms with Crippen LogP contribution in [0.25, 0.3) is 0 Å². The minimum atomic E-state index is -3.77. The van der Waals surface area contributed by atoms with E-state index in [1.165, 1.54) is 30.6 Å². The first kappa shape index (κ1) is 24.9. The highest BCUT2D eigenvalue weighted by molar-refractivity contribution is 7.92. The van der Waals surface area contributed by atoms with E-state index < -0.39 is 10.0 Å². The van der Waals surface area contributed by atoms with Crippen molar-refractivity contribution in [3.8, 4) is 17.2 Å². The third kappa shape index (κ3) is 5.26. The fourth-order valence-corrected chi connectivity index (χ4v) is 4.60. The molecule has 8 nitrogen and oxygen atoms in total. The molecular formula is C25H28N2O6S. The van der Waals surface area contributed by atoms with E-state index in [-0.39, 0.29) is 16.8 Å². The summed E-state index contributed by atoms with van der Waals surface area (Å²) in [5.41, 5.74) is 1.60. The summed E-state index contributed by atoms with van der Waals surface area (Å²) >= 11 is 0. The second-order valence-corrected chi connectivity index (χ2v) is 9.47. The Morgan fingerprint density at radius 1 is 0.853 bits per heavy atom. The Hall–Kier alpha value is -3.72. The topological polar surface area (TPSA) is 94.2 Å². The number of nitrogens with one attached hydrogen (secondary N) is 1. The fraction of sp³-hybridized carbons (Fsp3) is 0.240. The van der Waals surface area contributed by atoms with Gasteiger partial charge >= 0.3 is 0 Å². The smallest absolute Gasteiger partial charge is 0.264 e. The molecular weight excluding hydrogens is 456 g/mol. The number of sulfonamides is 1. The monoisotopic (exact) mass is 484 g/mol. The molecule has 1 atom stereocenters. The molecule has 9 heteroatoms. The highest BCUT2D eigenvalue weighted by atomic mass is 32.2. The second-order valence-electron chi connectivity index (χ2n) is 7.50. The molecule has 0 fully saturated rings. The van der Waals surface area contributed by atoms with Crippen LogP contribution in [0.1, 0.15) is 28.9 Å². The van der Waals surface area contributed by atoms with Crippen LogP contribution in [0.5, 0.6) is 17.2 Å². The Balaban J connectivity index is 1.75. The zero-order valence-corrected chi connectivity index (χ0v) is 20.5. The number of carbonyl (C=O) groups excluding carboxylic acids is 1. The first-order chi connectivity index (χ1) is 16.2. The largest absolute Gasteiger partial charge is 0.497 e. The van der Waals surface area contributed by atoms with Gasteiger partial charge in [0, 0.05) is 18.2 Å². The van der Waals surface area contributed by atoms with Crippen molar-refractivity contribution in [3.63, 3.8) is 0 Å². The number of rotatable bonds is 9. The summed E-state index contributed by atoms with van der Waals surface area (Å²) in [4.78, 5) is 13.0. The zero-order valence-electron chi connectivity index (χ0n) is 19.7. The summed E-state index contributed by atoms with van der Waals surface area (Å²) in [6.45, 7) is 1.85. The zero-order chi connectivity index (χ0) is 24.9. The Morgan fingerprint density at radius 3 is 2.00 bits per heavy atom. The minimum absolute atomic E-state index is 0.138. The Kier molecular flexibility index (Phi) is 7.68. The molecule has 0 aliphatic carbocycles. The van der Waals surface area contributed by atoms with Crippen LogP contribution in [0.4, 0.5) is 5.69 Å².